The van der Waals surface area contributed by atoms with E-state index in [1.54, 1.807) is 11.3 Å². The number of nitrogens with one attached hydrogen (secondary N) is 2. The van der Waals surface area contributed by atoms with Crippen molar-refractivity contribution in [2.45, 2.75) is 51.9 Å². The monoisotopic (exact) mass is 402 g/mol. The van der Waals surface area contributed by atoms with E-state index in [4.69, 9.17) is 17.0 Å². The second-order valence-electron chi connectivity index (χ2n) is 6.74. The zero-order valence-electron chi connectivity index (χ0n) is 15.9. The highest BCUT2D eigenvalue weighted by Crippen LogP contribution is 2.37. The highest BCUT2D eigenvalue weighted by atomic mass is 32.1. The van der Waals surface area contributed by atoms with Crippen LogP contribution in [0.5, 0.6) is 0 Å². The summed E-state index contributed by atoms with van der Waals surface area (Å²) >= 11 is 7.12. The molecule has 2 aromatic rings. The van der Waals surface area contributed by atoms with E-state index in [0.717, 1.165) is 41.9 Å². The topological polar surface area (TPSA) is 50.4 Å². The van der Waals surface area contributed by atoms with Crippen LogP contribution in [0.15, 0.2) is 24.3 Å². The average Bonchev–Trinajstić information content (AvgIpc) is 2.97. The molecular weight excluding hydrogens is 376 g/mol. The van der Waals surface area contributed by atoms with Crippen LogP contribution in [0.25, 0.3) is 0 Å². The van der Waals surface area contributed by atoms with E-state index in [0.29, 0.717) is 10.7 Å². The Kier molecular flexibility index (Phi) is 6.85. The van der Waals surface area contributed by atoms with Crippen molar-refractivity contribution in [3.05, 3.63) is 45.8 Å². The summed E-state index contributed by atoms with van der Waals surface area (Å²) in [5, 5.41) is 7.72. The van der Waals surface area contributed by atoms with E-state index in [1.165, 1.54) is 36.8 Å². The van der Waals surface area contributed by atoms with Gasteiger partial charge in [0.1, 0.15) is 5.00 Å². The third kappa shape index (κ3) is 4.87. The van der Waals surface area contributed by atoms with Crippen molar-refractivity contribution in [2.75, 3.05) is 17.7 Å². The fourth-order valence-corrected chi connectivity index (χ4v) is 4.98. The molecule has 0 spiro atoms. The van der Waals surface area contributed by atoms with Crippen LogP contribution < -0.4 is 10.6 Å². The van der Waals surface area contributed by atoms with Crippen LogP contribution in [0.4, 0.5) is 10.7 Å². The maximum atomic E-state index is 12.5. The van der Waals surface area contributed by atoms with Gasteiger partial charge < -0.3 is 15.4 Å². The maximum Gasteiger partial charge on any atom is 0.341 e. The van der Waals surface area contributed by atoms with Crippen molar-refractivity contribution < 1.29 is 9.53 Å². The smallest absolute Gasteiger partial charge is 0.341 e. The first-order chi connectivity index (χ1) is 13.1. The van der Waals surface area contributed by atoms with Crippen molar-refractivity contribution in [1.82, 2.24) is 0 Å². The predicted molar refractivity (Wildman–Crippen MR) is 117 cm³/mol. The molecule has 0 atom stereocenters. The molecule has 2 N–H and O–H groups in total. The number of carbonyl (C=O) groups is 1. The van der Waals surface area contributed by atoms with Gasteiger partial charge >= 0.3 is 5.97 Å². The van der Waals surface area contributed by atoms with Gasteiger partial charge in [0.2, 0.25) is 0 Å². The first-order valence-corrected chi connectivity index (χ1v) is 10.7. The fourth-order valence-electron chi connectivity index (χ4n) is 3.41. The second kappa shape index (κ2) is 9.33. The van der Waals surface area contributed by atoms with E-state index in [1.807, 2.05) is 12.1 Å². The summed E-state index contributed by atoms with van der Waals surface area (Å²) in [7, 11) is 1.44. The minimum absolute atomic E-state index is 0.286. The minimum Gasteiger partial charge on any atom is -0.465 e. The van der Waals surface area contributed by atoms with Gasteiger partial charge in [-0.15, -0.1) is 11.3 Å². The number of thiocarbonyl (C=S) groups is 1. The lowest BCUT2D eigenvalue weighted by molar-refractivity contribution is 0.0601. The lowest BCUT2D eigenvalue weighted by Gasteiger charge is -2.12. The molecule has 0 saturated carbocycles. The third-order valence-electron chi connectivity index (χ3n) is 4.91. The number of fused-ring (bicyclic) bond motifs is 1. The van der Waals surface area contributed by atoms with Crippen molar-refractivity contribution in [3.8, 4) is 0 Å². The molecule has 1 aliphatic carbocycles. The molecule has 6 heteroatoms. The number of carbonyl (C=O) groups excluding carboxylic acids is 1. The summed E-state index contributed by atoms with van der Waals surface area (Å²) in [6.07, 6.45) is 7.70. The molecule has 1 aliphatic rings. The molecule has 144 valence electrons. The molecule has 0 unspecified atom stereocenters. The van der Waals surface area contributed by atoms with Gasteiger partial charge in [-0.1, -0.05) is 31.9 Å². The maximum absolute atomic E-state index is 12.5. The van der Waals surface area contributed by atoms with Gasteiger partial charge in [-0.3, -0.25) is 0 Å². The van der Waals surface area contributed by atoms with Crippen LogP contribution in [0.2, 0.25) is 0 Å². The van der Waals surface area contributed by atoms with Crippen molar-refractivity contribution in [3.63, 3.8) is 0 Å². The Balaban J connectivity index is 1.80. The highest BCUT2D eigenvalue weighted by Gasteiger charge is 2.25. The first kappa shape index (κ1) is 19.8. The van der Waals surface area contributed by atoms with Gasteiger partial charge in [-0.25, -0.2) is 4.79 Å². The van der Waals surface area contributed by atoms with Gasteiger partial charge in [-0.05, 0) is 67.6 Å². The van der Waals surface area contributed by atoms with Crippen molar-refractivity contribution >= 4 is 45.3 Å². The van der Waals surface area contributed by atoms with Crippen molar-refractivity contribution in [2.24, 2.45) is 0 Å². The normalized spacial score (nSPS) is 13.9. The Morgan fingerprint density at radius 1 is 1.11 bits per heavy atom. The third-order valence-corrected chi connectivity index (χ3v) is 6.32. The molecule has 0 bridgehead atoms. The second-order valence-corrected chi connectivity index (χ2v) is 8.26. The Hall–Kier alpha value is -1.92. The van der Waals surface area contributed by atoms with E-state index in [9.17, 15) is 4.79 Å². The van der Waals surface area contributed by atoms with Gasteiger partial charge in [0.05, 0.1) is 12.7 Å². The molecule has 1 heterocycles. The number of ether oxygens (including phenoxy) is 1. The quantitative estimate of drug-likeness (QED) is 0.517. The lowest BCUT2D eigenvalue weighted by atomic mass is 9.96. The summed E-state index contributed by atoms with van der Waals surface area (Å²) in [5.41, 5.74) is 4.01. The molecule has 1 aromatic carbocycles. The number of rotatable bonds is 4. The predicted octanol–water partition coefficient (Wildman–Crippen LogP) is 5.57. The van der Waals surface area contributed by atoms with Gasteiger partial charge in [0.25, 0.3) is 0 Å². The largest absolute Gasteiger partial charge is 0.465 e. The first-order valence-electron chi connectivity index (χ1n) is 9.52. The van der Waals surface area contributed by atoms with Gasteiger partial charge in [0, 0.05) is 10.6 Å². The molecule has 0 aliphatic heterocycles. The Bertz CT molecular complexity index is 812. The SMILES string of the molecule is CCc1ccc(NC(=S)Nc2sc3c(c2C(=O)OC)CCCCCC3)cc1. The number of thiophene rings is 1. The van der Waals surface area contributed by atoms with E-state index in [-0.39, 0.29) is 5.97 Å². The van der Waals surface area contributed by atoms with Crippen LogP contribution in [0.3, 0.4) is 0 Å². The number of esters is 1. The number of hydrogen-bond acceptors (Lipinski definition) is 4. The fraction of sp³-hybridized carbons (Fsp3) is 0.429. The summed E-state index contributed by atoms with van der Waals surface area (Å²) in [5.74, 6) is -0.286. The standard InChI is InChI=1S/C21H26N2O2S2/c1-3-14-10-12-15(13-11-14)22-21(26)23-19-18(20(24)25-2)16-8-6-4-5-7-9-17(16)27-19/h10-13H,3-9H2,1-2H3,(H2,22,23,26). The van der Waals surface area contributed by atoms with E-state index in [2.05, 4.69) is 29.7 Å². The molecule has 3 rings (SSSR count). The van der Waals surface area contributed by atoms with Crippen LogP contribution in [0.1, 0.15) is 59.0 Å². The number of anilines is 2. The average molecular weight is 403 g/mol. The minimum atomic E-state index is -0.286. The number of hydrogen-bond donors (Lipinski definition) is 2. The van der Waals surface area contributed by atoms with Gasteiger partial charge in [0.15, 0.2) is 5.11 Å². The Labute approximate surface area is 170 Å². The van der Waals surface area contributed by atoms with E-state index < -0.39 is 0 Å². The lowest BCUT2D eigenvalue weighted by Crippen LogP contribution is -2.20. The summed E-state index contributed by atoms with van der Waals surface area (Å²) < 4.78 is 5.06. The molecule has 27 heavy (non-hydrogen) atoms. The molecule has 0 saturated heterocycles. The van der Waals surface area contributed by atoms with Crippen LogP contribution in [-0.2, 0) is 24.0 Å². The van der Waals surface area contributed by atoms with E-state index >= 15 is 0 Å². The molecule has 0 fully saturated rings. The molecule has 0 radical (unpaired) electrons. The molecule has 1 aromatic heterocycles. The Morgan fingerprint density at radius 2 is 1.81 bits per heavy atom. The molecular formula is C21H26N2O2S2. The van der Waals surface area contributed by atoms with Crippen LogP contribution in [-0.4, -0.2) is 18.2 Å². The Morgan fingerprint density at radius 3 is 2.48 bits per heavy atom. The zero-order chi connectivity index (χ0) is 19.2. The molecule has 4 nitrogen and oxygen atoms in total. The molecule has 0 amide bonds. The summed E-state index contributed by atoms with van der Waals surface area (Å²) in [6.45, 7) is 2.13. The highest BCUT2D eigenvalue weighted by molar-refractivity contribution is 7.80. The summed E-state index contributed by atoms with van der Waals surface area (Å²) in [6, 6.07) is 8.20. The van der Waals surface area contributed by atoms with Gasteiger partial charge in [-0.2, -0.15) is 0 Å². The number of methoxy groups -OCH3 is 1. The number of benzene rings is 1. The van der Waals surface area contributed by atoms with Crippen molar-refractivity contribution in [1.29, 1.82) is 0 Å². The van der Waals surface area contributed by atoms with Crippen LogP contribution in [0, 0.1) is 0 Å². The zero-order valence-corrected chi connectivity index (χ0v) is 17.5. The summed E-state index contributed by atoms with van der Waals surface area (Å²) in [4.78, 5) is 13.7. The van der Waals surface area contributed by atoms with Crippen LogP contribution >= 0.6 is 23.6 Å². The number of aryl methyl sites for hydroxylation is 2.